The van der Waals surface area contributed by atoms with Gasteiger partial charge in [0.05, 0.1) is 0 Å². The van der Waals surface area contributed by atoms with Gasteiger partial charge in [-0.3, -0.25) is 0 Å². The molecule has 0 amide bonds. The van der Waals surface area contributed by atoms with Crippen molar-refractivity contribution >= 4 is 0 Å². The van der Waals surface area contributed by atoms with Crippen LogP contribution in [0.25, 0.3) is 0 Å². The fourth-order valence-electron chi connectivity index (χ4n) is 28.2. The van der Waals surface area contributed by atoms with Gasteiger partial charge >= 0.3 is 73.6 Å². The van der Waals surface area contributed by atoms with Crippen LogP contribution in [0.4, 0.5) is 0 Å². The summed E-state index contributed by atoms with van der Waals surface area (Å²) in [5.41, 5.74) is 0. The Morgan fingerprint density at radius 3 is 1.27 bits per heavy atom. The van der Waals surface area contributed by atoms with Crippen molar-refractivity contribution in [2.75, 3.05) is 0 Å². The fraction of sp³-hybridized carbons (Fsp3) is 1.00. The van der Waals surface area contributed by atoms with Crippen LogP contribution < -0.4 is 0 Å². The molecule has 0 N–H and O–H groups in total. The molecule has 1 heteroatoms. The summed E-state index contributed by atoms with van der Waals surface area (Å²) in [5.74, 6) is 0. The molecule has 15 heavy (non-hydrogen) atoms. The second-order valence-corrected chi connectivity index (χ2v) is 90.1. The van der Waals surface area contributed by atoms with E-state index in [1.54, 1.807) is 42.2 Å². The van der Waals surface area contributed by atoms with Crippen LogP contribution in [0.15, 0.2) is 0 Å². The zero-order chi connectivity index (χ0) is 9.35. The van der Waals surface area contributed by atoms with Gasteiger partial charge < -0.3 is 0 Å². The molecule has 1 spiro atoms. The Balaban J connectivity index is 1.90. The van der Waals surface area contributed by atoms with Crippen LogP contribution in [0, 0.1) is 0 Å². The number of fused-ring (bicyclic) bond motifs is 10. The molecule has 4 atom stereocenters. The molecule has 0 radical (unpaired) electrons. The molecule has 10 fully saturated rings. The SMILES string of the molecule is CC[C]12[CH]3[CH]4[CH]5[C]1(CC)[Hf]43521678[CH]2[CH]1[CH]6[CH]7[CH]28. The summed E-state index contributed by atoms with van der Waals surface area (Å²) in [5, 5.41) is 0. The third kappa shape index (κ3) is 0.0450. The van der Waals surface area contributed by atoms with E-state index in [-0.39, 0.29) is 0 Å². The van der Waals surface area contributed by atoms with Gasteiger partial charge in [0, 0.05) is 0 Å². The molecule has 0 aliphatic carbocycles. The molecule has 78 valence electrons. The number of hydrogen-bond acceptors (Lipinski definition) is 0. The molecule has 0 nitrogen and oxygen atoms in total. The van der Waals surface area contributed by atoms with E-state index < -0.39 is 11.2 Å². The fourth-order valence-corrected chi connectivity index (χ4v) is 428. The first-order valence-corrected chi connectivity index (χ1v) is 28.3. The quantitative estimate of drug-likeness (QED) is 0.609. The summed E-state index contributed by atoms with van der Waals surface area (Å²) >= 11 is -3.32. The number of hydrogen-bond donors (Lipinski definition) is 0. The Morgan fingerprint density at radius 1 is 0.733 bits per heavy atom. The van der Waals surface area contributed by atoms with Gasteiger partial charge in [-0.05, 0) is 0 Å². The van der Waals surface area contributed by atoms with E-state index >= 15 is 0 Å². The Morgan fingerprint density at radius 2 is 1.13 bits per heavy atom. The summed E-state index contributed by atoms with van der Waals surface area (Å²) in [6.45, 7) is 5.24. The molecule has 0 aromatic carbocycles. The molecule has 10 aliphatic heterocycles. The topological polar surface area (TPSA) is 0 Å². The molecule has 0 aromatic heterocycles. The maximum absolute atomic E-state index is 3.32. The summed E-state index contributed by atoms with van der Waals surface area (Å²) in [7, 11) is 0. The minimum absolute atomic E-state index is 1.22. The van der Waals surface area contributed by atoms with Gasteiger partial charge in [-0.1, -0.05) is 0 Å². The van der Waals surface area contributed by atoms with E-state index in [0.29, 0.717) is 0 Å². The van der Waals surface area contributed by atoms with E-state index in [0.717, 1.165) is 0 Å². The molecule has 4 unspecified atom stereocenters. The van der Waals surface area contributed by atoms with Gasteiger partial charge in [-0.25, -0.2) is 0 Å². The van der Waals surface area contributed by atoms with Gasteiger partial charge in [0.2, 0.25) is 0 Å². The second kappa shape index (κ2) is 0.407. The summed E-state index contributed by atoms with van der Waals surface area (Å²) in [6, 6.07) is 0. The summed E-state index contributed by atoms with van der Waals surface area (Å²) in [4.78, 5) is 0. The monoisotopic (exact) mass is 366 g/mol. The first-order chi connectivity index (χ1) is 7.06. The Bertz CT molecular complexity index is 844. The Kier molecular flexibility index (Phi) is 0.154. The van der Waals surface area contributed by atoms with Crippen LogP contribution in [-0.2, 0) is 11.2 Å². The van der Waals surface area contributed by atoms with Crippen molar-refractivity contribution in [1.29, 1.82) is 0 Å². The first-order valence-electron chi connectivity index (χ1n) is 8.09. The molecule has 0 saturated carbocycles. The average Bonchev–Trinajstić information content (AvgIpc) is 3.21. The predicted octanol–water partition coefficient (Wildman–Crippen LogP) is 4.94. The van der Waals surface area contributed by atoms with Crippen LogP contribution in [0.2, 0.25) is 35.7 Å². The third-order valence-electron chi connectivity index (χ3n) is 22.4. The van der Waals surface area contributed by atoms with Gasteiger partial charge in [-0.2, -0.15) is 0 Å². The minimum atomic E-state index is -3.32. The average molecular weight is 365 g/mol. The molecule has 0 bridgehead atoms. The molecular weight excluding hydrogens is 347 g/mol. The number of rotatable bonds is 2. The van der Waals surface area contributed by atoms with E-state index in [9.17, 15) is 0 Å². The van der Waals surface area contributed by atoms with Crippen LogP contribution >= 0.6 is 0 Å². The van der Waals surface area contributed by atoms with Gasteiger partial charge in [0.1, 0.15) is 0 Å². The van der Waals surface area contributed by atoms with Crippen molar-refractivity contribution < 1.29 is 11.2 Å². The van der Waals surface area contributed by atoms with Gasteiger partial charge in [0.25, 0.3) is 0 Å². The Hall–Kier alpha value is 0.870. The van der Waals surface area contributed by atoms with Crippen molar-refractivity contribution in [3.8, 4) is 0 Å². The van der Waals surface area contributed by atoms with Gasteiger partial charge in [-0.15, -0.1) is 0 Å². The van der Waals surface area contributed by atoms with Crippen molar-refractivity contribution in [1.82, 2.24) is 0 Å². The van der Waals surface area contributed by atoms with E-state index in [2.05, 4.69) is 13.8 Å². The van der Waals surface area contributed by atoms with Crippen molar-refractivity contribution in [3.05, 3.63) is 0 Å². The molecule has 10 heterocycles. The van der Waals surface area contributed by atoms with E-state index in [1.165, 1.54) is 6.34 Å². The molecular formula is C14H18Hf. The van der Waals surface area contributed by atoms with E-state index in [4.69, 9.17) is 0 Å². The standard InChI is InChI=1S/C9H13.C5H5.Hf/c1-3-8-6-5-7-9(8)4-2;1-2-4-5-3-1;/h5-7H,3-4H2,1-2H3;1-5H;. The third-order valence-corrected chi connectivity index (χ3v) is 167. The molecule has 0 aromatic rings. The van der Waals surface area contributed by atoms with Gasteiger partial charge in [0.15, 0.2) is 0 Å². The van der Waals surface area contributed by atoms with Crippen LogP contribution in [0.3, 0.4) is 0 Å². The van der Waals surface area contributed by atoms with Crippen LogP contribution in [0.5, 0.6) is 0 Å². The second-order valence-electron chi connectivity index (χ2n) is 13.9. The Labute approximate surface area is 73.2 Å². The van der Waals surface area contributed by atoms with Crippen LogP contribution in [-0.4, -0.2) is 0 Å². The van der Waals surface area contributed by atoms with Crippen molar-refractivity contribution in [2.45, 2.75) is 62.4 Å². The molecule has 10 aliphatic rings. The molecule has 10 rings (SSSR count). The predicted molar refractivity (Wildman–Crippen MR) is 56.0 cm³/mol. The molecule has 10 saturated heterocycles. The van der Waals surface area contributed by atoms with Crippen LogP contribution in [0.1, 0.15) is 26.7 Å². The van der Waals surface area contributed by atoms with Crippen molar-refractivity contribution in [3.63, 3.8) is 0 Å². The summed E-state index contributed by atoms with van der Waals surface area (Å²) in [6.07, 6.45) is 3.37. The summed E-state index contributed by atoms with van der Waals surface area (Å²) < 4.78 is 15.0. The normalized spacial score (nSPS) is 139. The zero-order valence-corrected chi connectivity index (χ0v) is 13.1. The van der Waals surface area contributed by atoms with Crippen molar-refractivity contribution in [2.24, 2.45) is 0 Å². The van der Waals surface area contributed by atoms with E-state index in [1.807, 2.05) is 0 Å². The zero-order valence-electron chi connectivity index (χ0n) is 9.53. The maximum atomic E-state index is 2.62. The first kappa shape index (κ1) is 5.67.